The topological polar surface area (TPSA) is 60.1 Å². The fourth-order valence-corrected chi connectivity index (χ4v) is 3.91. The monoisotopic (exact) mass is 360 g/mol. The van der Waals surface area contributed by atoms with E-state index in [9.17, 15) is 4.79 Å². The predicted molar refractivity (Wildman–Crippen MR) is 104 cm³/mol. The van der Waals surface area contributed by atoms with Crippen LogP contribution >= 0.6 is 11.3 Å². The summed E-state index contributed by atoms with van der Waals surface area (Å²) >= 11 is 1.48. The van der Waals surface area contributed by atoms with Gasteiger partial charge in [0.05, 0.1) is 27.4 Å². The van der Waals surface area contributed by atoms with Crippen LogP contribution in [0.5, 0.6) is 0 Å². The number of benzene rings is 2. The van der Waals surface area contributed by atoms with E-state index >= 15 is 0 Å². The first-order valence-corrected chi connectivity index (χ1v) is 8.99. The summed E-state index contributed by atoms with van der Waals surface area (Å²) in [6.07, 6.45) is 3.27. The Balaban J connectivity index is 1.84. The number of nitrogens with zero attached hydrogens (tertiary/aromatic N) is 4. The van der Waals surface area contributed by atoms with Gasteiger partial charge in [0.2, 0.25) is 0 Å². The molecule has 2 aromatic heterocycles. The molecule has 26 heavy (non-hydrogen) atoms. The van der Waals surface area contributed by atoms with E-state index in [1.54, 1.807) is 6.08 Å². The van der Waals surface area contributed by atoms with Crippen molar-refractivity contribution in [2.45, 2.75) is 13.5 Å². The van der Waals surface area contributed by atoms with E-state index in [0.29, 0.717) is 16.9 Å². The Morgan fingerprint density at radius 2 is 2.08 bits per heavy atom. The Kier molecular flexibility index (Phi) is 4.18. The van der Waals surface area contributed by atoms with Crippen molar-refractivity contribution in [2.24, 2.45) is 4.99 Å². The highest BCUT2D eigenvalue weighted by Crippen LogP contribution is 2.19. The fourth-order valence-electron chi connectivity index (χ4n) is 2.78. The summed E-state index contributed by atoms with van der Waals surface area (Å²) in [5, 5.41) is 0. The van der Waals surface area contributed by atoms with Gasteiger partial charge in [0.15, 0.2) is 4.80 Å². The second-order valence-electron chi connectivity index (χ2n) is 5.92. The van der Waals surface area contributed by atoms with Gasteiger partial charge in [0, 0.05) is 6.54 Å². The average Bonchev–Trinajstić information content (AvgIpc) is 2.98. The van der Waals surface area contributed by atoms with Crippen LogP contribution in [0.3, 0.4) is 0 Å². The van der Waals surface area contributed by atoms with Gasteiger partial charge in [-0.2, -0.15) is 4.99 Å². The molecule has 128 valence electrons. The maximum absolute atomic E-state index is 12.7. The number of carbonyl (C=O) groups excluding carboxylic acids is 1. The Morgan fingerprint density at radius 1 is 1.27 bits per heavy atom. The Hall–Kier alpha value is -3.12. The number of aromatic nitrogens is 3. The molecule has 4 aromatic rings. The zero-order valence-electron chi connectivity index (χ0n) is 14.2. The highest BCUT2D eigenvalue weighted by molar-refractivity contribution is 7.16. The maximum atomic E-state index is 12.7. The second kappa shape index (κ2) is 6.65. The quantitative estimate of drug-likeness (QED) is 0.521. The van der Waals surface area contributed by atoms with Crippen molar-refractivity contribution in [3.63, 3.8) is 0 Å². The number of thiazole rings is 1. The smallest absolute Gasteiger partial charge is 0.299 e. The van der Waals surface area contributed by atoms with Gasteiger partial charge < -0.3 is 4.57 Å². The van der Waals surface area contributed by atoms with Gasteiger partial charge in [-0.1, -0.05) is 35.6 Å². The van der Waals surface area contributed by atoms with Crippen LogP contribution in [0.25, 0.3) is 21.3 Å². The average molecular weight is 360 g/mol. The summed E-state index contributed by atoms with van der Waals surface area (Å²) in [5.41, 5.74) is 3.88. The van der Waals surface area contributed by atoms with Gasteiger partial charge in [-0.25, -0.2) is 4.98 Å². The largest absolute Gasteiger partial charge is 0.312 e. The van der Waals surface area contributed by atoms with Crippen LogP contribution in [0.4, 0.5) is 0 Å². The lowest BCUT2D eigenvalue weighted by molar-refractivity contribution is 0.0993. The van der Waals surface area contributed by atoms with Crippen molar-refractivity contribution in [3.8, 4) is 0 Å². The summed E-state index contributed by atoms with van der Waals surface area (Å²) in [5.74, 6) is -0.399. The number of fused-ring (bicyclic) bond motifs is 2. The number of hydrogen-bond donors (Lipinski definition) is 0. The minimum atomic E-state index is -0.399. The fraction of sp³-hybridized carbons (Fsp3) is 0.100. The normalized spacial score (nSPS) is 12.0. The molecule has 1 amide bonds. The van der Waals surface area contributed by atoms with Crippen LogP contribution in [0.15, 0.2) is 66.3 Å². The molecule has 0 aliphatic rings. The number of carbonyl (C=O) groups is 1. The minimum absolute atomic E-state index is 0.238. The molecule has 2 heterocycles. The molecule has 0 aliphatic heterocycles. The van der Waals surface area contributed by atoms with Gasteiger partial charge in [0.25, 0.3) is 5.91 Å². The number of amides is 1. The van der Waals surface area contributed by atoms with E-state index in [1.807, 2.05) is 41.8 Å². The number of rotatable bonds is 3. The molecule has 0 N–H and O–H groups in total. The highest BCUT2D eigenvalue weighted by atomic mass is 32.1. The van der Waals surface area contributed by atoms with Crippen molar-refractivity contribution in [2.75, 3.05) is 0 Å². The predicted octanol–water partition coefficient (Wildman–Crippen LogP) is 3.88. The summed E-state index contributed by atoms with van der Waals surface area (Å²) < 4.78 is 3.07. The van der Waals surface area contributed by atoms with Crippen LogP contribution in [0.2, 0.25) is 0 Å². The van der Waals surface area contributed by atoms with Crippen LogP contribution in [0.1, 0.15) is 16.1 Å². The van der Waals surface area contributed by atoms with Crippen molar-refractivity contribution in [1.82, 2.24) is 14.5 Å². The van der Waals surface area contributed by atoms with Crippen molar-refractivity contribution >= 4 is 38.5 Å². The Labute approximate surface area is 154 Å². The summed E-state index contributed by atoms with van der Waals surface area (Å²) in [6.45, 7) is 6.43. The van der Waals surface area contributed by atoms with E-state index in [0.717, 1.165) is 15.7 Å². The first-order valence-electron chi connectivity index (χ1n) is 8.17. The summed E-state index contributed by atoms with van der Waals surface area (Å²) in [4.78, 5) is 26.3. The molecule has 0 unspecified atom stereocenters. The molecule has 6 heteroatoms. The highest BCUT2D eigenvalue weighted by Gasteiger charge is 2.11. The maximum Gasteiger partial charge on any atom is 0.299 e. The van der Waals surface area contributed by atoms with E-state index in [-0.39, 0.29) is 5.69 Å². The Bertz CT molecular complexity index is 1220. The van der Waals surface area contributed by atoms with Gasteiger partial charge in [-0.3, -0.25) is 9.78 Å². The van der Waals surface area contributed by atoms with Crippen LogP contribution < -0.4 is 4.80 Å². The van der Waals surface area contributed by atoms with Gasteiger partial charge >= 0.3 is 0 Å². The van der Waals surface area contributed by atoms with Crippen LogP contribution in [-0.2, 0) is 6.54 Å². The molecule has 0 saturated heterocycles. The second-order valence-corrected chi connectivity index (χ2v) is 6.93. The SMILES string of the molecule is C=CCn1c(=NC(=O)c2cnc3ccccc3n2)sc2cc(C)ccc21. The van der Waals surface area contributed by atoms with Gasteiger partial charge in [-0.15, -0.1) is 6.58 Å². The van der Waals surface area contributed by atoms with E-state index in [1.165, 1.54) is 23.1 Å². The molecular weight excluding hydrogens is 344 g/mol. The van der Waals surface area contributed by atoms with Gasteiger partial charge in [-0.05, 0) is 36.8 Å². The summed E-state index contributed by atoms with van der Waals surface area (Å²) in [6, 6.07) is 13.6. The molecule has 0 saturated carbocycles. The number of aryl methyl sites for hydroxylation is 1. The molecule has 0 radical (unpaired) electrons. The molecule has 4 rings (SSSR count). The molecule has 2 aromatic carbocycles. The molecule has 0 spiro atoms. The van der Waals surface area contributed by atoms with Crippen LogP contribution in [-0.4, -0.2) is 20.4 Å². The van der Waals surface area contributed by atoms with Crippen molar-refractivity contribution in [1.29, 1.82) is 0 Å². The molecular formula is C20H16N4OS. The van der Waals surface area contributed by atoms with Crippen molar-refractivity contribution in [3.05, 3.63) is 77.4 Å². The molecule has 0 aliphatic carbocycles. The first-order chi connectivity index (χ1) is 12.7. The number of hydrogen-bond acceptors (Lipinski definition) is 4. The van der Waals surface area contributed by atoms with Crippen LogP contribution in [0, 0.1) is 6.92 Å². The Morgan fingerprint density at radius 3 is 2.88 bits per heavy atom. The van der Waals surface area contributed by atoms with E-state index in [2.05, 4.69) is 33.7 Å². The third-order valence-corrected chi connectivity index (χ3v) is 5.06. The first kappa shape index (κ1) is 16.4. The molecule has 0 fully saturated rings. The third kappa shape index (κ3) is 2.95. The lowest BCUT2D eigenvalue weighted by atomic mass is 10.2. The van der Waals surface area contributed by atoms with E-state index < -0.39 is 5.91 Å². The molecule has 5 nitrogen and oxygen atoms in total. The lowest BCUT2D eigenvalue weighted by Gasteiger charge is -2.01. The number of para-hydroxylation sites is 2. The standard InChI is InChI=1S/C20H16N4OS/c1-3-10-24-17-9-8-13(2)11-18(17)26-20(24)23-19(25)16-12-21-14-6-4-5-7-15(14)22-16/h3-9,11-12H,1,10H2,2H3. The number of allylic oxidation sites excluding steroid dienone is 1. The zero-order valence-corrected chi connectivity index (χ0v) is 15.0. The minimum Gasteiger partial charge on any atom is -0.312 e. The van der Waals surface area contributed by atoms with Gasteiger partial charge in [0.1, 0.15) is 5.69 Å². The van der Waals surface area contributed by atoms with Crippen molar-refractivity contribution < 1.29 is 4.79 Å². The molecule has 0 bridgehead atoms. The third-order valence-electron chi connectivity index (χ3n) is 4.01. The molecule has 0 atom stereocenters. The van der Waals surface area contributed by atoms with E-state index in [4.69, 9.17) is 0 Å². The summed E-state index contributed by atoms with van der Waals surface area (Å²) in [7, 11) is 0. The zero-order chi connectivity index (χ0) is 18.1. The lowest BCUT2D eigenvalue weighted by Crippen LogP contribution is -2.16.